The highest BCUT2D eigenvalue weighted by Gasteiger charge is 2.32. The van der Waals surface area contributed by atoms with Crippen molar-refractivity contribution in [2.75, 3.05) is 11.9 Å². The number of hydrogen-bond donors (Lipinski definition) is 1. The molecule has 1 aliphatic rings. The van der Waals surface area contributed by atoms with Crippen molar-refractivity contribution in [3.05, 3.63) is 49.2 Å². The molecular formula is C17H17N3O3. The molecule has 1 N–H and O–H groups in total. The zero-order valence-electron chi connectivity index (χ0n) is 12.6. The minimum absolute atomic E-state index is 0.176. The molecule has 6 nitrogen and oxygen atoms in total. The van der Waals surface area contributed by atoms with Crippen LogP contribution in [-0.4, -0.2) is 34.5 Å². The van der Waals surface area contributed by atoms with E-state index in [0.717, 1.165) is 12.0 Å². The Kier molecular flexibility index (Phi) is 4.23. The highest BCUT2D eigenvalue weighted by Crippen LogP contribution is 2.22. The smallest absolute Gasteiger partial charge is 0.247 e. The van der Waals surface area contributed by atoms with Gasteiger partial charge in [-0.3, -0.25) is 9.59 Å². The molecule has 2 aromatic rings. The van der Waals surface area contributed by atoms with Crippen molar-refractivity contribution in [3.8, 4) is 11.3 Å². The van der Waals surface area contributed by atoms with E-state index in [1.54, 1.807) is 29.3 Å². The van der Waals surface area contributed by atoms with Crippen LogP contribution in [0, 0.1) is 0 Å². The molecule has 0 saturated carbocycles. The van der Waals surface area contributed by atoms with Gasteiger partial charge in [0.25, 0.3) is 0 Å². The first-order chi connectivity index (χ1) is 11.2. The van der Waals surface area contributed by atoms with Crippen molar-refractivity contribution in [3.63, 3.8) is 0 Å². The number of aromatic nitrogens is 1. The maximum absolute atomic E-state index is 12.4. The second kappa shape index (κ2) is 6.48. The average molecular weight is 311 g/mol. The lowest BCUT2D eigenvalue weighted by Gasteiger charge is -2.22. The third-order valence-corrected chi connectivity index (χ3v) is 3.89. The Morgan fingerprint density at radius 2 is 2.09 bits per heavy atom. The first-order valence-corrected chi connectivity index (χ1v) is 7.44. The van der Waals surface area contributed by atoms with Crippen molar-refractivity contribution in [1.82, 2.24) is 10.1 Å². The molecule has 2 heterocycles. The van der Waals surface area contributed by atoms with Gasteiger partial charge in [-0.15, -0.1) is 0 Å². The van der Waals surface area contributed by atoms with Gasteiger partial charge < -0.3 is 14.7 Å². The molecule has 1 fully saturated rings. The number of anilines is 1. The standard InChI is InChI=1S/C17H17N3O3/c1-2-16(21)20-11-3-4-14(20)17(22)19-13-7-5-12(6-8-13)15-9-10-18-23-15/h2,5-10,14H,1,3-4,11H2,(H,19,22)/t14-/m1/s1. The third-order valence-electron chi connectivity index (χ3n) is 3.89. The van der Waals surface area contributed by atoms with Gasteiger partial charge >= 0.3 is 0 Å². The molecule has 23 heavy (non-hydrogen) atoms. The van der Waals surface area contributed by atoms with Gasteiger partial charge in [0.1, 0.15) is 6.04 Å². The average Bonchev–Trinajstić information content (AvgIpc) is 3.26. The highest BCUT2D eigenvalue weighted by atomic mass is 16.5. The molecule has 2 amide bonds. The second-order valence-electron chi connectivity index (χ2n) is 5.34. The van der Waals surface area contributed by atoms with Crippen LogP contribution in [0.2, 0.25) is 0 Å². The van der Waals surface area contributed by atoms with E-state index in [-0.39, 0.29) is 11.8 Å². The van der Waals surface area contributed by atoms with E-state index in [1.165, 1.54) is 6.08 Å². The molecule has 1 aliphatic heterocycles. The number of rotatable bonds is 4. The van der Waals surface area contributed by atoms with Crippen molar-refractivity contribution < 1.29 is 14.1 Å². The van der Waals surface area contributed by atoms with Crippen molar-refractivity contribution in [2.24, 2.45) is 0 Å². The Labute approximate surface area is 133 Å². The van der Waals surface area contributed by atoms with Crippen LogP contribution < -0.4 is 5.32 Å². The summed E-state index contributed by atoms with van der Waals surface area (Å²) in [6, 6.07) is 8.61. The SMILES string of the molecule is C=CC(=O)N1CCC[C@@H]1C(=O)Nc1ccc(-c2ccno2)cc1. The Hall–Kier alpha value is -2.89. The molecule has 1 aromatic heterocycles. The topological polar surface area (TPSA) is 75.4 Å². The summed E-state index contributed by atoms with van der Waals surface area (Å²) in [5, 5.41) is 6.52. The monoisotopic (exact) mass is 311 g/mol. The number of benzene rings is 1. The summed E-state index contributed by atoms with van der Waals surface area (Å²) in [7, 11) is 0. The van der Waals surface area contributed by atoms with Crippen LogP contribution in [0.1, 0.15) is 12.8 Å². The van der Waals surface area contributed by atoms with Crippen LogP contribution in [0.3, 0.4) is 0 Å². The molecule has 1 atom stereocenters. The Morgan fingerprint density at radius 1 is 1.30 bits per heavy atom. The number of likely N-dealkylation sites (tertiary alicyclic amines) is 1. The Bertz CT molecular complexity index is 707. The first kappa shape index (κ1) is 15.0. The van der Waals surface area contributed by atoms with Crippen molar-refractivity contribution in [2.45, 2.75) is 18.9 Å². The summed E-state index contributed by atoms with van der Waals surface area (Å²) >= 11 is 0. The molecule has 0 aliphatic carbocycles. The molecule has 0 bridgehead atoms. The van der Waals surface area contributed by atoms with Gasteiger partial charge in [-0.2, -0.15) is 0 Å². The maximum atomic E-state index is 12.4. The lowest BCUT2D eigenvalue weighted by molar-refractivity contribution is -0.132. The second-order valence-corrected chi connectivity index (χ2v) is 5.34. The number of hydrogen-bond acceptors (Lipinski definition) is 4. The van der Waals surface area contributed by atoms with Gasteiger partial charge in [0.05, 0.1) is 6.20 Å². The van der Waals surface area contributed by atoms with E-state index in [4.69, 9.17) is 4.52 Å². The molecule has 1 saturated heterocycles. The molecule has 0 radical (unpaired) electrons. The van der Waals surface area contributed by atoms with E-state index in [2.05, 4.69) is 17.1 Å². The third kappa shape index (κ3) is 3.15. The molecular weight excluding hydrogens is 294 g/mol. The van der Waals surface area contributed by atoms with E-state index in [0.29, 0.717) is 24.4 Å². The number of carbonyl (C=O) groups excluding carboxylic acids is 2. The van der Waals surface area contributed by atoms with Gasteiger partial charge in [0.2, 0.25) is 11.8 Å². The zero-order chi connectivity index (χ0) is 16.2. The summed E-state index contributed by atoms with van der Waals surface area (Å²) in [5.41, 5.74) is 1.56. The molecule has 6 heteroatoms. The predicted molar refractivity (Wildman–Crippen MR) is 85.5 cm³/mol. The predicted octanol–water partition coefficient (Wildman–Crippen LogP) is 2.46. The van der Waals surface area contributed by atoms with Gasteiger partial charge in [0, 0.05) is 23.9 Å². The summed E-state index contributed by atoms with van der Waals surface area (Å²) < 4.78 is 5.08. The van der Waals surface area contributed by atoms with Crippen LogP contribution in [-0.2, 0) is 9.59 Å². The first-order valence-electron chi connectivity index (χ1n) is 7.44. The van der Waals surface area contributed by atoms with E-state index in [1.807, 2.05) is 12.1 Å². The number of amides is 2. The minimum atomic E-state index is -0.436. The summed E-state index contributed by atoms with van der Waals surface area (Å²) in [6.45, 7) is 4.07. The van der Waals surface area contributed by atoms with Crippen molar-refractivity contribution in [1.29, 1.82) is 0 Å². The van der Waals surface area contributed by atoms with E-state index in [9.17, 15) is 9.59 Å². The van der Waals surface area contributed by atoms with Crippen LogP contribution in [0.5, 0.6) is 0 Å². The number of nitrogens with zero attached hydrogens (tertiary/aromatic N) is 2. The Balaban J connectivity index is 1.68. The van der Waals surface area contributed by atoms with Crippen LogP contribution in [0.4, 0.5) is 5.69 Å². The fraction of sp³-hybridized carbons (Fsp3) is 0.235. The molecule has 118 valence electrons. The fourth-order valence-electron chi connectivity index (χ4n) is 2.73. The maximum Gasteiger partial charge on any atom is 0.247 e. The Morgan fingerprint density at radius 3 is 2.74 bits per heavy atom. The fourth-order valence-corrected chi connectivity index (χ4v) is 2.73. The summed E-state index contributed by atoms with van der Waals surface area (Å²) in [5.74, 6) is 0.287. The molecule has 0 spiro atoms. The van der Waals surface area contributed by atoms with Gasteiger partial charge in [0.15, 0.2) is 5.76 Å². The highest BCUT2D eigenvalue weighted by molar-refractivity contribution is 5.99. The summed E-state index contributed by atoms with van der Waals surface area (Å²) in [4.78, 5) is 25.7. The minimum Gasteiger partial charge on any atom is -0.356 e. The molecule has 1 aromatic carbocycles. The van der Waals surface area contributed by atoms with Crippen LogP contribution in [0.15, 0.2) is 53.7 Å². The quantitative estimate of drug-likeness (QED) is 0.880. The number of carbonyl (C=O) groups is 2. The van der Waals surface area contributed by atoms with Gasteiger partial charge in [-0.1, -0.05) is 11.7 Å². The molecule has 3 rings (SSSR count). The number of nitrogens with one attached hydrogen (secondary N) is 1. The van der Waals surface area contributed by atoms with Gasteiger partial charge in [-0.25, -0.2) is 0 Å². The van der Waals surface area contributed by atoms with Crippen LogP contribution >= 0.6 is 0 Å². The van der Waals surface area contributed by atoms with Gasteiger partial charge in [-0.05, 0) is 43.2 Å². The molecule has 0 unspecified atom stereocenters. The summed E-state index contributed by atoms with van der Waals surface area (Å²) in [6.07, 6.45) is 4.32. The van der Waals surface area contributed by atoms with Crippen molar-refractivity contribution >= 4 is 17.5 Å². The lowest BCUT2D eigenvalue weighted by Crippen LogP contribution is -2.42. The van der Waals surface area contributed by atoms with Crippen LogP contribution in [0.25, 0.3) is 11.3 Å². The van der Waals surface area contributed by atoms with E-state index >= 15 is 0 Å². The zero-order valence-corrected chi connectivity index (χ0v) is 12.6. The van der Waals surface area contributed by atoms with E-state index < -0.39 is 6.04 Å². The largest absolute Gasteiger partial charge is 0.356 e. The normalized spacial score (nSPS) is 17.0. The lowest BCUT2D eigenvalue weighted by atomic mass is 10.1.